The first kappa shape index (κ1) is 12.9. The van der Waals surface area contributed by atoms with Gasteiger partial charge in [-0.25, -0.2) is 0 Å². The van der Waals surface area contributed by atoms with Crippen LogP contribution in [0.1, 0.15) is 27.2 Å². The van der Waals surface area contributed by atoms with Gasteiger partial charge in [0, 0.05) is 5.54 Å². The minimum absolute atomic E-state index is 0.0785. The van der Waals surface area contributed by atoms with Gasteiger partial charge in [-0.05, 0) is 20.4 Å². The topological polar surface area (TPSA) is 78.4 Å². The maximum Gasteiger partial charge on any atom is 0.305 e. The highest BCUT2D eigenvalue weighted by Crippen LogP contribution is 2.07. The zero-order valence-corrected chi connectivity index (χ0v) is 8.89. The molecule has 82 valence electrons. The molecule has 0 atom stereocenters. The van der Waals surface area contributed by atoms with E-state index in [1.807, 2.05) is 6.92 Å². The third kappa shape index (κ3) is 6.42. The highest BCUT2D eigenvalue weighted by Gasteiger charge is 2.23. The number of hydrogen-bond acceptors (Lipinski definition) is 3. The highest BCUT2D eigenvalue weighted by molar-refractivity contribution is 5.79. The van der Waals surface area contributed by atoms with Gasteiger partial charge in [0.15, 0.2) is 0 Å². The Hall–Kier alpha value is -1.10. The highest BCUT2D eigenvalue weighted by atomic mass is 16.4. The van der Waals surface area contributed by atoms with Crippen LogP contribution < -0.4 is 10.6 Å². The molecule has 0 aromatic heterocycles. The third-order valence-electron chi connectivity index (χ3n) is 1.61. The average molecular weight is 202 g/mol. The summed E-state index contributed by atoms with van der Waals surface area (Å²) in [4.78, 5) is 21.7. The van der Waals surface area contributed by atoms with Crippen LogP contribution in [0, 0.1) is 0 Å². The van der Waals surface area contributed by atoms with Gasteiger partial charge in [0.25, 0.3) is 0 Å². The van der Waals surface area contributed by atoms with Crippen LogP contribution in [-0.4, -0.2) is 35.6 Å². The first-order chi connectivity index (χ1) is 6.37. The van der Waals surface area contributed by atoms with Gasteiger partial charge >= 0.3 is 5.97 Å². The number of rotatable bonds is 6. The molecule has 14 heavy (non-hydrogen) atoms. The van der Waals surface area contributed by atoms with E-state index in [0.717, 1.165) is 0 Å². The lowest BCUT2D eigenvalue weighted by Gasteiger charge is -2.24. The molecule has 0 aliphatic carbocycles. The molecule has 0 fully saturated rings. The summed E-state index contributed by atoms with van der Waals surface area (Å²) in [7, 11) is 0. The molecule has 5 nitrogen and oxygen atoms in total. The molecule has 0 heterocycles. The van der Waals surface area contributed by atoms with Gasteiger partial charge in [-0.3, -0.25) is 9.59 Å². The summed E-state index contributed by atoms with van der Waals surface area (Å²) in [6.07, 6.45) is -0.0785. The Morgan fingerprint density at radius 1 is 1.36 bits per heavy atom. The molecule has 0 saturated carbocycles. The summed E-state index contributed by atoms with van der Waals surface area (Å²) in [6, 6.07) is 0. The minimum atomic E-state index is -0.918. The number of hydrogen-bond donors (Lipinski definition) is 3. The summed E-state index contributed by atoms with van der Waals surface area (Å²) >= 11 is 0. The van der Waals surface area contributed by atoms with Crippen molar-refractivity contribution < 1.29 is 14.7 Å². The Morgan fingerprint density at radius 2 is 1.93 bits per heavy atom. The smallest absolute Gasteiger partial charge is 0.305 e. The second-order valence-electron chi connectivity index (χ2n) is 3.78. The van der Waals surface area contributed by atoms with Gasteiger partial charge in [-0.15, -0.1) is 0 Å². The predicted molar refractivity (Wildman–Crippen MR) is 53.0 cm³/mol. The largest absolute Gasteiger partial charge is 0.481 e. The van der Waals surface area contributed by atoms with Gasteiger partial charge in [0.1, 0.15) is 0 Å². The van der Waals surface area contributed by atoms with E-state index in [1.54, 1.807) is 13.8 Å². The lowest BCUT2D eigenvalue weighted by Crippen LogP contribution is -2.48. The molecule has 0 spiro atoms. The number of carboxylic acid groups (broad SMARTS) is 1. The summed E-state index contributed by atoms with van der Waals surface area (Å²) in [5, 5.41) is 14.1. The van der Waals surface area contributed by atoms with Gasteiger partial charge < -0.3 is 15.7 Å². The molecular formula is C9H18N2O3. The Balaban J connectivity index is 3.95. The van der Waals surface area contributed by atoms with E-state index in [1.165, 1.54) is 0 Å². The molecule has 0 bridgehead atoms. The van der Waals surface area contributed by atoms with E-state index in [2.05, 4.69) is 10.6 Å². The molecule has 3 N–H and O–H groups in total. The monoisotopic (exact) mass is 202 g/mol. The molecular weight excluding hydrogens is 184 g/mol. The van der Waals surface area contributed by atoms with E-state index in [-0.39, 0.29) is 18.9 Å². The first-order valence-corrected chi connectivity index (χ1v) is 4.61. The Kier molecular flexibility index (Phi) is 5.15. The van der Waals surface area contributed by atoms with E-state index in [0.29, 0.717) is 6.54 Å². The number of amides is 1. The van der Waals surface area contributed by atoms with Crippen molar-refractivity contribution >= 4 is 11.9 Å². The Labute approximate surface area is 83.9 Å². The number of aliphatic carboxylic acids is 1. The van der Waals surface area contributed by atoms with Gasteiger partial charge in [-0.1, -0.05) is 6.92 Å². The van der Waals surface area contributed by atoms with Crippen molar-refractivity contribution in [3.05, 3.63) is 0 Å². The lowest BCUT2D eigenvalue weighted by molar-refractivity contribution is -0.138. The van der Waals surface area contributed by atoms with E-state index in [4.69, 9.17) is 5.11 Å². The normalized spacial score (nSPS) is 11.1. The van der Waals surface area contributed by atoms with Crippen LogP contribution in [0.25, 0.3) is 0 Å². The van der Waals surface area contributed by atoms with Gasteiger partial charge in [-0.2, -0.15) is 0 Å². The van der Waals surface area contributed by atoms with Crippen molar-refractivity contribution in [3.63, 3.8) is 0 Å². The molecule has 0 saturated heterocycles. The molecule has 0 rings (SSSR count). The summed E-state index contributed by atoms with van der Waals surface area (Å²) in [5.41, 5.74) is -0.696. The number of likely N-dealkylation sites (N-methyl/N-ethyl adjacent to an activating group) is 1. The fraction of sp³-hybridized carbons (Fsp3) is 0.778. The number of carboxylic acids is 1. The van der Waals surface area contributed by atoms with Crippen LogP contribution in [-0.2, 0) is 9.59 Å². The van der Waals surface area contributed by atoms with Crippen LogP contribution >= 0.6 is 0 Å². The molecule has 5 heteroatoms. The van der Waals surface area contributed by atoms with Crippen LogP contribution in [0.15, 0.2) is 0 Å². The maximum atomic E-state index is 11.2. The van der Waals surface area contributed by atoms with Crippen molar-refractivity contribution in [3.8, 4) is 0 Å². The zero-order valence-electron chi connectivity index (χ0n) is 8.89. The molecule has 0 aromatic carbocycles. The lowest BCUT2D eigenvalue weighted by atomic mass is 10.0. The number of carbonyl (C=O) groups excluding carboxylic acids is 1. The summed E-state index contributed by atoms with van der Waals surface area (Å²) in [6.45, 7) is 6.21. The van der Waals surface area contributed by atoms with Crippen molar-refractivity contribution in [1.29, 1.82) is 0 Å². The van der Waals surface area contributed by atoms with Crippen LogP contribution in [0.4, 0.5) is 0 Å². The van der Waals surface area contributed by atoms with E-state index >= 15 is 0 Å². The quantitative estimate of drug-likeness (QED) is 0.565. The SMILES string of the molecule is CCNCC(=O)NC(C)(C)CC(=O)O. The maximum absolute atomic E-state index is 11.2. The van der Waals surface area contributed by atoms with E-state index in [9.17, 15) is 9.59 Å². The summed E-state index contributed by atoms with van der Waals surface area (Å²) < 4.78 is 0. The molecule has 0 aliphatic rings. The summed E-state index contributed by atoms with van der Waals surface area (Å²) in [5.74, 6) is -1.10. The standard InChI is InChI=1S/C9H18N2O3/c1-4-10-6-7(12)11-9(2,3)5-8(13)14/h10H,4-6H2,1-3H3,(H,11,12)(H,13,14). The first-order valence-electron chi connectivity index (χ1n) is 4.61. The fourth-order valence-corrected chi connectivity index (χ4v) is 1.08. The third-order valence-corrected chi connectivity index (χ3v) is 1.61. The van der Waals surface area contributed by atoms with Crippen LogP contribution in [0.5, 0.6) is 0 Å². The fourth-order valence-electron chi connectivity index (χ4n) is 1.08. The minimum Gasteiger partial charge on any atom is -0.481 e. The van der Waals surface area contributed by atoms with Gasteiger partial charge in [0.05, 0.1) is 13.0 Å². The van der Waals surface area contributed by atoms with E-state index < -0.39 is 11.5 Å². The van der Waals surface area contributed by atoms with Crippen molar-refractivity contribution in [1.82, 2.24) is 10.6 Å². The average Bonchev–Trinajstić information content (AvgIpc) is 1.96. The van der Waals surface area contributed by atoms with Crippen molar-refractivity contribution in [2.45, 2.75) is 32.7 Å². The number of carbonyl (C=O) groups is 2. The predicted octanol–water partition coefficient (Wildman–Crippen LogP) is -0.0346. The second-order valence-corrected chi connectivity index (χ2v) is 3.78. The van der Waals surface area contributed by atoms with Gasteiger partial charge in [0.2, 0.25) is 5.91 Å². The van der Waals surface area contributed by atoms with Crippen molar-refractivity contribution in [2.75, 3.05) is 13.1 Å². The Morgan fingerprint density at radius 3 is 2.36 bits per heavy atom. The van der Waals surface area contributed by atoms with Crippen LogP contribution in [0.2, 0.25) is 0 Å². The molecule has 0 aromatic rings. The Bertz CT molecular complexity index is 214. The zero-order chi connectivity index (χ0) is 11.2. The molecule has 0 unspecified atom stereocenters. The molecule has 1 amide bonds. The molecule has 0 radical (unpaired) electrons. The molecule has 0 aliphatic heterocycles. The number of nitrogens with one attached hydrogen (secondary N) is 2. The van der Waals surface area contributed by atoms with Crippen molar-refractivity contribution in [2.24, 2.45) is 0 Å². The van der Waals surface area contributed by atoms with Crippen LogP contribution in [0.3, 0.4) is 0 Å². The second kappa shape index (κ2) is 5.59.